The first-order valence-corrected chi connectivity index (χ1v) is 8.53. The summed E-state index contributed by atoms with van der Waals surface area (Å²) in [6, 6.07) is 3.92. The Morgan fingerprint density at radius 2 is 2.00 bits per heavy atom. The second-order valence-corrected chi connectivity index (χ2v) is 7.84. The molecule has 0 spiro atoms. The zero-order valence-corrected chi connectivity index (χ0v) is 15.9. The third-order valence-corrected chi connectivity index (χ3v) is 4.25. The summed E-state index contributed by atoms with van der Waals surface area (Å²) in [5.41, 5.74) is 1.11. The molecule has 0 unspecified atom stereocenters. The molecular weight excluding hydrogens is 328 g/mol. The van der Waals surface area contributed by atoms with Gasteiger partial charge in [-0.3, -0.25) is 4.79 Å². The number of hydrogen-bond donors (Lipinski definition) is 1. The van der Waals surface area contributed by atoms with Gasteiger partial charge in [0.1, 0.15) is 0 Å². The third-order valence-electron chi connectivity index (χ3n) is 3.97. The maximum Gasteiger partial charge on any atom is 0.224 e. The number of rotatable bonds is 6. The van der Waals surface area contributed by atoms with Gasteiger partial charge in [-0.1, -0.05) is 32.4 Å². The molecule has 1 aliphatic heterocycles. The van der Waals surface area contributed by atoms with Crippen molar-refractivity contribution in [1.29, 1.82) is 0 Å². The van der Waals surface area contributed by atoms with Crippen LogP contribution in [0.3, 0.4) is 0 Å². The van der Waals surface area contributed by atoms with E-state index in [2.05, 4.69) is 26.1 Å². The van der Waals surface area contributed by atoms with Gasteiger partial charge in [-0.25, -0.2) is 0 Å². The monoisotopic (exact) mass is 354 g/mol. The van der Waals surface area contributed by atoms with Crippen molar-refractivity contribution in [3.8, 4) is 11.5 Å². The summed E-state index contributed by atoms with van der Waals surface area (Å²) in [5.74, 6) is 1.36. The molecule has 1 aromatic rings. The lowest BCUT2D eigenvalue weighted by atomic mass is 9.96. The van der Waals surface area contributed by atoms with Crippen LogP contribution in [-0.4, -0.2) is 44.2 Å². The Labute approximate surface area is 149 Å². The number of nitrogens with zero attached hydrogens (tertiary/aromatic N) is 1. The number of carbonyl (C=O) groups is 1. The molecule has 1 amide bonds. The average Bonchev–Trinajstić information content (AvgIpc) is 2.82. The second-order valence-electron chi connectivity index (χ2n) is 7.43. The molecule has 1 saturated heterocycles. The first kappa shape index (κ1) is 18.9. The van der Waals surface area contributed by atoms with Gasteiger partial charge in [0.05, 0.1) is 19.2 Å². The van der Waals surface area contributed by atoms with Crippen LogP contribution in [-0.2, 0) is 11.3 Å². The largest absolute Gasteiger partial charge is 0.493 e. The van der Waals surface area contributed by atoms with Crippen molar-refractivity contribution in [2.24, 2.45) is 5.41 Å². The fourth-order valence-electron chi connectivity index (χ4n) is 2.97. The summed E-state index contributed by atoms with van der Waals surface area (Å²) in [4.78, 5) is 14.1. The van der Waals surface area contributed by atoms with Gasteiger partial charge < -0.3 is 19.7 Å². The molecule has 6 heteroatoms. The Bertz CT molecular complexity index is 599. The first-order valence-electron chi connectivity index (χ1n) is 8.15. The summed E-state index contributed by atoms with van der Waals surface area (Å²) in [6.45, 7) is 8.59. The minimum absolute atomic E-state index is 0.113. The molecule has 2 rings (SSSR count). The first-order chi connectivity index (χ1) is 11.2. The predicted molar refractivity (Wildman–Crippen MR) is 95.8 cm³/mol. The van der Waals surface area contributed by atoms with Crippen LogP contribution in [0.15, 0.2) is 12.1 Å². The highest BCUT2D eigenvalue weighted by atomic mass is 35.5. The Hall–Kier alpha value is -1.46. The quantitative estimate of drug-likeness (QED) is 0.852. The highest BCUT2D eigenvalue weighted by Gasteiger charge is 2.31. The number of hydrogen-bond acceptors (Lipinski definition) is 4. The summed E-state index contributed by atoms with van der Waals surface area (Å²) in [5, 5.41) is 3.96. The van der Waals surface area contributed by atoms with Gasteiger partial charge in [0, 0.05) is 32.1 Å². The van der Waals surface area contributed by atoms with Crippen LogP contribution in [0.25, 0.3) is 0 Å². The number of nitrogens with one attached hydrogen (secondary N) is 1. The highest BCUT2D eigenvalue weighted by Crippen LogP contribution is 2.36. The standard InChI is InChI=1S/C18H27ClN2O3/c1-18(2,3)11-21-10-13(8-16(21)22)20-9-12-6-14(19)17(24-5)15(7-12)23-4/h6-7,13,20H,8-11H2,1-5H3/t13-/m1/s1. The van der Waals surface area contributed by atoms with Gasteiger partial charge in [0.25, 0.3) is 0 Å². The van der Waals surface area contributed by atoms with Gasteiger partial charge in [-0.05, 0) is 23.1 Å². The molecule has 0 aliphatic carbocycles. The molecular formula is C18H27ClN2O3. The van der Waals surface area contributed by atoms with E-state index in [1.54, 1.807) is 14.2 Å². The molecule has 24 heavy (non-hydrogen) atoms. The van der Waals surface area contributed by atoms with Gasteiger partial charge >= 0.3 is 0 Å². The summed E-state index contributed by atoms with van der Waals surface area (Å²) < 4.78 is 10.6. The number of methoxy groups -OCH3 is 2. The fraction of sp³-hybridized carbons (Fsp3) is 0.611. The lowest BCUT2D eigenvalue weighted by molar-refractivity contribution is -0.128. The Balaban J connectivity index is 1.97. The van der Waals surface area contributed by atoms with E-state index in [1.807, 2.05) is 17.0 Å². The molecule has 0 aromatic heterocycles. The molecule has 1 heterocycles. The molecule has 0 bridgehead atoms. The van der Waals surface area contributed by atoms with Crippen molar-refractivity contribution < 1.29 is 14.3 Å². The van der Waals surface area contributed by atoms with E-state index < -0.39 is 0 Å². The van der Waals surface area contributed by atoms with Crippen molar-refractivity contribution in [1.82, 2.24) is 10.2 Å². The summed E-state index contributed by atoms with van der Waals surface area (Å²) in [7, 11) is 3.15. The minimum atomic E-state index is 0.113. The fourth-order valence-corrected chi connectivity index (χ4v) is 3.28. The average molecular weight is 355 g/mol. The lowest BCUT2D eigenvalue weighted by Gasteiger charge is -2.26. The van der Waals surface area contributed by atoms with Crippen LogP contribution in [0.2, 0.25) is 5.02 Å². The molecule has 1 aromatic carbocycles. The van der Waals surface area contributed by atoms with Crippen LogP contribution >= 0.6 is 11.6 Å². The lowest BCUT2D eigenvalue weighted by Crippen LogP contribution is -2.36. The Morgan fingerprint density at radius 1 is 1.29 bits per heavy atom. The van der Waals surface area contributed by atoms with Crippen LogP contribution < -0.4 is 14.8 Å². The van der Waals surface area contributed by atoms with E-state index in [-0.39, 0.29) is 17.4 Å². The number of ether oxygens (including phenoxy) is 2. The van der Waals surface area contributed by atoms with Crippen LogP contribution in [0.5, 0.6) is 11.5 Å². The molecule has 0 radical (unpaired) electrons. The van der Waals surface area contributed by atoms with Crippen molar-refractivity contribution in [3.05, 3.63) is 22.7 Å². The summed E-state index contributed by atoms with van der Waals surface area (Å²) in [6.07, 6.45) is 0.539. The van der Waals surface area contributed by atoms with E-state index >= 15 is 0 Å². The Kier molecular flexibility index (Phi) is 5.99. The van der Waals surface area contributed by atoms with Crippen molar-refractivity contribution in [3.63, 3.8) is 0 Å². The van der Waals surface area contributed by atoms with E-state index in [9.17, 15) is 4.79 Å². The number of carbonyl (C=O) groups excluding carboxylic acids is 1. The van der Waals surface area contributed by atoms with E-state index in [0.717, 1.165) is 18.7 Å². The zero-order chi connectivity index (χ0) is 17.9. The maximum atomic E-state index is 12.1. The molecule has 0 saturated carbocycles. The van der Waals surface area contributed by atoms with Crippen molar-refractivity contribution in [2.75, 3.05) is 27.3 Å². The molecule has 1 atom stereocenters. The van der Waals surface area contributed by atoms with Gasteiger partial charge in [-0.2, -0.15) is 0 Å². The van der Waals surface area contributed by atoms with Crippen LogP contribution in [0.1, 0.15) is 32.8 Å². The van der Waals surface area contributed by atoms with Crippen LogP contribution in [0, 0.1) is 5.41 Å². The number of likely N-dealkylation sites (tertiary alicyclic amines) is 1. The molecule has 1 fully saturated rings. The number of halogens is 1. The van der Waals surface area contributed by atoms with E-state index in [0.29, 0.717) is 29.5 Å². The van der Waals surface area contributed by atoms with E-state index in [4.69, 9.17) is 21.1 Å². The summed E-state index contributed by atoms with van der Waals surface area (Å²) >= 11 is 6.23. The SMILES string of the molecule is COc1cc(CN[C@@H]2CC(=O)N(CC(C)(C)C)C2)cc(Cl)c1OC. The van der Waals surface area contributed by atoms with Gasteiger partial charge in [0.2, 0.25) is 5.91 Å². The number of amides is 1. The van der Waals surface area contributed by atoms with Crippen molar-refractivity contribution >= 4 is 17.5 Å². The van der Waals surface area contributed by atoms with Gasteiger partial charge in [0.15, 0.2) is 11.5 Å². The second kappa shape index (κ2) is 7.62. The normalized spacial score (nSPS) is 18.2. The third kappa shape index (κ3) is 4.77. The minimum Gasteiger partial charge on any atom is -0.493 e. The van der Waals surface area contributed by atoms with Crippen LogP contribution in [0.4, 0.5) is 0 Å². The molecule has 1 aliphatic rings. The van der Waals surface area contributed by atoms with Gasteiger partial charge in [-0.15, -0.1) is 0 Å². The van der Waals surface area contributed by atoms with E-state index in [1.165, 1.54) is 0 Å². The highest BCUT2D eigenvalue weighted by molar-refractivity contribution is 6.32. The maximum absolute atomic E-state index is 12.1. The topological polar surface area (TPSA) is 50.8 Å². The molecule has 1 N–H and O–H groups in total. The predicted octanol–water partition coefficient (Wildman–Crippen LogP) is 3.09. The number of benzene rings is 1. The zero-order valence-electron chi connectivity index (χ0n) is 15.1. The molecule has 134 valence electrons. The van der Waals surface area contributed by atoms with Crippen molar-refractivity contribution in [2.45, 2.75) is 39.8 Å². The smallest absolute Gasteiger partial charge is 0.224 e. The Morgan fingerprint density at radius 3 is 2.58 bits per heavy atom. The molecule has 5 nitrogen and oxygen atoms in total.